The number of fused-ring (bicyclic) bond motifs is 3. The monoisotopic (exact) mass is 445 g/mol. The molecule has 2 aromatic carbocycles. The van der Waals surface area contributed by atoms with Gasteiger partial charge in [0.15, 0.2) is 0 Å². The van der Waals surface area contributed by atoms with Gasteiger partial charge in [0.25, 0.3) is 0 Å². The molecule has 4 heteroatoms. The molecule has 4 nitrogen and oxygen atoms in total. The van der Waals surface area contributed by atoms with E-state index in [4.69, 9.17) is 0 Å². The van der Waals surface area contributed by atoms with Gasteiger partial charge in [0.1, 0.15) is 0 Å². The minimum absolute atomic E-state index is 0.347. The maximum Gasteiger partial charge on any atom is 0.222 e. The maximum atomic E-state index is 12.8. The molecule has 1 atom stereocenters. The van der Waals surface area contributed by atoms with Crippen molar-refractivity contribution in [2.75, 3.05) is 40.3 Å². The second-order valence-corrected chi connectivity index (χ2v) is 10.6. The fourth-order valence-electron chi connectivity index (χ4n) is 6.18. The van der Waals surface area contributed by atoms with Gasteiger partial charge in [-0.25, -0.2) is 0 Å². The first-order valence-electron chi connectivity index (χ1n) is 12.9. The minimum atomic E-state index is 0.347. The molecular formula is C29H39N3O. The van der Waals surface area contributed by atoms with Crippen molar-refractivity contribution >= 4 is 5.91 Å². The van der Waals surface area contributed by atoms with Gasteiger partial charge in [-0.1, -0.05) is 42.5 Å². The van der Waals surface area contributed by atoms with Crippen molar-refractivity contribution in [3.05, 3.63) is 59.2 Å². The topological polar surface area (TPSA) is 26.8 Å². The highest BCUT2D eigenvalue weighted by Gasteiger charge is 2.26. The average molecular weight is 446 g/mol. The van der Waals surface area contributed by atoms with Crippen LogP contribution in [0.4, 0.5) is 0 Å². The molecule has 5 rings (SSSR count). The number of hydrogen-bond donors (Lipinski definition) is 0. The molecule has 0 bridgehead atoms. The summed E-state index contributed by atoms with van der Waals surface area (Å²) in [6.45, 7) is 5.55. The van der Waals surface area contributed by atoms with Gasteiger partial charge in [-0.15, -0.1) is 0 Å². The molecule has 0 unspecified atom stereocenters. The average Bonchev–Trinajstić information content (AvgIpc) is 3.20. The van der Waals surface area contributed by atoms with E-state index >= 15 is 0 Å². The zero-order valence-electron chi connectivity index (χ0n) is 20.4. The minimum Gasteiger partial charge on any atom is -0.343 e. The summed E-state index contributed by atoms with van der Waals surface area (Å²) in [5, 5.41) is 0. The van der Waals surface area contributed by atoms with Crippen LogP contribution in [-0.4, -0.2) is 66.9 Å². The van der Waals surface area contributed by atoms with Gasteiger partial charge in [-0.2, -0.15) is 0 Å². The molecular weight excluding hydrogens is 406 g/mol. The van der Waals surface area contributed by atoms with Gasteiger partial charge in [0.2, 0.25) is 5.91 Å². The van der Waals surface area contributed by atoms with Gasteiger partial charge >= 0.3 is 0 Å². The van der Waals surface area contributed by atoms with Crippen molar-refractivity contribution in [1.29, 1.82) is 0 Å². The summed E-state index contributed by atoms with van der Waals surface area (Å²) in [7, 11) is 4.20. The third kappa shape index (κ3) is 5.17. The number of carbonyl (C=O) groups is 1. The molecule has 2 aliphatic heterocycles. The van der Waals surface area contributed by atoms with E-state index in [2.05, 4.69) is 64.2 Å². The second kappa shape index (κ2) is 9.99. The molecule has 2 fully saturated rings. The number of likely N-dealkylation sites (tertiary alicyclic amines) is 2. The van der Waals surface area contributed by atoms with Crippen LogP contribution in [0.5, 0.6) is 0 Å². The Morgan fingerprint density at radius 1 is 1.00 bits per heavy atom. The van der Waals surface area contributed by atoms with Crippen LogP contribution in [0.2, 0.25) is 0 Å². The van der Waals surface area contributed by atoms with Gasteiger partial charge in [0, 0.05) is 32.6 Å². The molecule has 176 valence electrons. The Kier molecular flexibility index (Phi) is 6.84. The first kappa shape index (κ1) is 22.6. The number of carbonyl (C=O) groups excluding carboxylic acids is 1. The highest BCUT2D eigenvalue weighted by molar-refractivity contribution is 5.77. The first-order valence-corrected chi connectivity index (χ1v) is 12.9. The van der Waals surface area contributed by atoms with Gasteiger partial charge in [-0.3, -0.25) is 9.69 Å². The maximum absolute atomic E-state index is 12.8. The quantitative estimate of drug-likeness (QED) is 0.545. The lowest BCUT2D eigenvalue weighted by Gasteiger charge is -2.36. The highest BCUT2D eigenvalue weighted by atomic mass is 16.2. The SMILES string of the molecule is CN1CCC(N(C)C(=O)CC[C@H]2CCCN(Cc3ccc4c(c3)Cc3ccccc3-4)C2)CC1. The largest absolute Gasteiger partial charge is 0.343 e. The zero-order chi connectivity index (χ0) is 22.8. The number of hydrogen-bond acceptors (Lipinski definition) is 3. The lowest BCUT2D eigenvalue weighted by atomic mass is 9.92. The van der Waals surface area contributed by atoms with E-state index in [1.165, 1.54) is 47.2 Å². The van der Waals surface area contributed by atoms with E-state index in [0.29, 0.717) is 24.3 Å². The van der Waals surface area contributed by atoms with Gasteiger partial charge < -0.3 is 9.80 Å². The number of amides is 1. The van der Waals surface area contributed by atoms with Crippen LogP contribution in [0.1, 0.15) is 55.2 Å². The third-order valence-corrected chi connectivity index (χ3v) is 8.26. The van der Waals surface area contributed by atoms with Crippen LogP contribution in [-0.2, 0) is 17.8 Å². The Bertz CT molecular complexity index is 979. The van der Waals surface area contributed by atoms with Gasteiger partial charge in [-0.05, 0) is 98.9 Å². The Labute approximate surface area is 199 Å². The van der Waals surface area contributed by atoms with Crippen molar-refractivity contribution in [2.45, 2.75) is 57.5 Å². The smallest absolute Gasteiger partial charge is 0.222 e. The van der Waals surface area contributed by atoms with Gasteiger partial charge in [0.05, 0.1) is 0 Å². The molecule has 0 aromatic heterocycles. The summed E-state index contributed by atoms with van der Waals surface area (Å²) < 4.78 is 0. The van der Waals surface area contributed by atoms with Crippen molar-refractivity contribution in [3.63, 3.8) is 0 Å². The first-order chi connectivity index (χ1) is 16.1. The van der Waals surface area contributed by atoms with E-state index in [0.717, 1.165) is 51.9 Å². The standard InChI is InChI=1S/C29H39N3O/c1-30-16-13-26(14-17-30)31(2)29(33)12-10-22-6-5-15-32(20-22)21-23-9-11-28-25(18-23)19-24-7-3-4-8-27(24)28/h3-4,7-9,11,18,22,26H,5-6,10,12-17,19-21H2,1-2H3/t22-/m1/s1. The lowest BCUT2D eigenvalue weighted by Crippen LogP contribution is -2.44. The number of rotatable bonds is 6. The number of piperidine rings is 2. The van der Waals surface area contributed by atoms with E-state index < -0.39 is 0 Å². The molecule has 1 amide bonds. The predicted octanol–water partition coefficient (Wildman–Crippen LogP) is 4.80. The number of benzene rings is 2. The van der Waals surface area contributed by atoms with Crippen LogP contribution >= 0.6 is 0 Å². The second-order valence-electron chi connectivity index (χ2n) is 10.6. The molecule has 0 radical (unpaired) electrons. The fourth-order valence-corrected chi connectivity index (χ4v) is 6.18. The van der Waals surface area contributed by atoms with E-state index in [-0.39, 0.29) is 0 Å². The molecule has 1 aliphatic carbocycles. The van der Waals surface area contributed by atoms with E-state index in [1.807, 2.05) is 7.05 Å². The molecule has 2 saturated heterocycles. The molecule has 2 heterocycles. The molecule has 0 saturated carbocycles. The number of nitrogens with zero attached hydrogens (tertiary/aromatic N) is 3. The van der Waals surface area contributed by atoms with Crippen LogP contribution in [0.25, 0.3) is 11.1 Å². The molecule has 2 aromatic rings. The van der Waals surface area contributed by atoms with Crippen LogP contribution in [0, 0.1) is 5.92 Å². The van der Waals surface area contributed by atoms with E-state index in [1.54, 1.807) is 0 Å². The summed E-state index contributed by atoms with van der Waals surface area (Å²) in [6.07, 6.45) is 7.55. The summed E-state index contributed by atoms with van der Waals surface area (Å²) in [4.78, 5) is 19.9. The Hall–Kier alpha value is -2.17. The summed E-state index contributed by atoms with van der Waals surface area (Å²) in [5.74, 6) is 0.993. The molecule has 3 aliphatic rings. The van der Waals surface area contributed by atoms with Crippen molar-refractivity contribution in [2.24, 2.45) is 5.92 Å². The Balaban J connectivity index is 1.12. The van der Waals surface area contributed by atoms with Crippen molar-refractivity contribution in [3.8, 4) is 11.1 Å². The van der Waals surface area contributed by atoms with Crippen molar-refractivity contribution < 1.29 is 4.79 Å². The molecule has 0 spiro atoms. The summed E-state index contributed by atoms with van der Waals surface area (Å²) in [5.41, 5.74) is 7.19. The summed E-state index contributed by atoms with van der Waals surface area (Å²) in [6, 6.07) is 16.3. The van der Waals surface area contributed by atoms with Crippen LogP contribution < -0.4 is 0 Å². The highest BCUT2D eigenvalue weighted by Crippen LogP contribution is 2.37. The van der Waals surface area contributed by atoms with Crippen LogP contribution in [0.3, 0.4) is 0 Å². The zero-order valence-corrected chi connectivity index (χ0v) is 20.4. The van der Waals surface area contributed by atoms with Crippen molar-refractivity contribution in [1.82, 2.24) is 14.7 Å². The predicted molar refractivity (Wildman–Crippen MR) is 135 cm³/mol. The molecule has 33 heavy (non-hydrogen) atoms. The third-order valence-electron chi connectivity index (χ3n) is 8.26. The van der Waals surface area contributed by atoms with E-state index in [9.17, 15) is 4.79 Å². The summed E-state index contributed by atoms with van der Waals surface area (Å²) >= 11 is 0. The Morgan fingerprint density at radius 2 is 1.79 bits per heavy atom. The normalized spacial score (nSPS) is 21.6. The van der Waals surface area contributed by atoms with Crippen LogP contribution in [0.15, 0.2) is 42.5 Å². The fraction of sp³-hybridized carbons (Fsp3) is 0.552. The Morgan fingerprint density at radius 3 is 2.64 bits per heavy atom. The lowest BCUT2D eigenvalue weighted by molar-refractivity contribution is -0.133. The molecule has 0 N–H and O–H groups in total.